The molecule has 3 N–H and O–H groups in total. The van der Waals surface area contributed by atoms with E-state index >= 15 is 0 Å². The standard InChI is InChI=1S/C22H27ClN2O4/c1-14(2)12-22(3,21(24)27)25-20(26)16-7-10-18(19(11-16)28-4)29-13-15-5-8-17(23)9-6-15/h5-11,14H,12-13H2,1-4H3,(H2,24,27)(H,25,26). The molecule has 0 fully saturated rings. The predicted molar refractivity (Wildman–Crippen MR) is 113 cm³/mol. The highest BCUT2D eigenvalue weighted by Gasteiger charge is 2.34. The molecule has 2 amide bonds. The van der Waals surface area contributed by atoms with Crippen LogP contribution >= 0.6 is 11.6 Å². The summed E-state index contributed by atoms with van der Waals surface area (Å²) >= 11 is 5.89. The van der Waals surface area contributed by atoms with Crippen LogP contribution in [0.4, 0.5) is 0 Å². The fraction of sp³-hybridized carbons (Fsp3) is 0.364. The molecule has 0 aliphatic rings. The predicted octanol–water partition coefficient (Wildman–Crippen LogP) is 3.95. The van der Waals surface area contributed by atoms with Crippen LogP contribution < -0.4 is 20.5 Å². The van der Waals surface area contributed by atoms with Crippen LogP contribution in [-0.2, 0) is 11.4 Å². The Morgan fingerprint density at radius 2 is 1.79 bits per heavy atom. The van der Waals surface area contributed by atoms with Crippen LogP contribution in [0.3, 0.4) is 0 Å². The summed E-state index contributed by atoms with van der Waals surface area (Å²) in [6.45, 7) is 5.88. The van der Waals surface area contributed by atoms with Gasteiger partial charge in [-0.25, -0.2) is 0 Å². The Morgan fingerprint density at radius 3 is 2.34 bits per heavy atom. The van der Waals surface area contributed by atoms with Crippen molar-refractivity contribution >= 4 is 23.4 Å². The molecule has 29 heavy (non-hydrogen) atoms. The number of rotatable bonds is 9. The zero-order valence-corrected chi connectivity index (χ0v) is 17.9. The number of primary amides is 1. The maximum absolute atomic E-state index is 12.7. The molecule has 2 aromatic rings. The number of benzene rings is 2. The summed E-state index contributed by atoms with van der Waals surface area (Å²) in [4.78, 5) is 24.6. The molecule has 0 aliphatic carbocycles. The summed E-state index contributed by atoms with van der Waals surface area (Å²) in [7, 11) is 1.50. The van der Waals surface area contributed by atoms with Crippen LogP contribution in [0, 0.1) is 5.92 Å². The van der Waals surface area contributed by atoms with Gasteiger partial charge in [0.15, 0.2) is 11.5 Å². The topological polar surface area (TPSA) is 90.6 Å². The van der Waals surface area contributed by atoms with Gasteiger partial charge in [0.05, 0.1) is 7.11 Å². The van der Waals surface area contributed by atoms with Crippen molar-refractivity contribution in [3.8, 4) is 11.5 Å². The van der Waals surface area contributed by atoms with Gasteiger partial charge in [0.1, 0.15) is 12.1 Å². The Hall–Kier alpha value is -2.73. The number of nitrogens with one attached hydrogen (secondary N) is 1. The number of methoxy groups -OCH3 is 1. The zero-order valence-electron chi connectivity index (χ0n) is 17.1. The lowest BCUT2D eigenvalue weighted by atomic mass is 9.89. The molecule has 0 radical (unpaired) electrons. The van der Waals surface area contributed by atoms with E-state index < -0.39 is 17.4 Å². The Morgan fingerprint density at radius 1 is 1.14 bits per heavy atom. The highest BCUT2D eigenvalue weighted by atomic mass is 35.5. The van der Waals surface area contributed by atoms with Gasteiger partial charge in [-0.3, -0.25) is 9.59 Å². The fourth-order valence-corrected chi connectivity index (χ4v) is 3.15. The van der Waals surface area contributed by atoms with Crippen molar-refractivity contribution in [1.29, 1.82) is 0 Å². The van der Waals surface area contributed by atoms with Crippen LogP contribution in [-0.4, -0.2) is 24.5 Å². The van der Waals surface area contributed by atoms with Gasteiger partial charge >= 0.3 is 0 Å². The number of carbonyl (C=O) groups excluding carboxylic acids is 2. The molecular weight excluding hydrogens is 392 g/mol. The number of halogens is 1. The van der Waals surface area contributed by atoms with Crippen molar-refractivity contribution in [2.45, 2.75) is 39.3 Å². The highest BCUT2D eigenvalue weighted by Crippen LogP contribution is 2.29. The van der Waals surface area contributed by atoms with E-state index in [1.54, 1.807) is 37.3 Å². The lowest BCUT2D eigenvalue weighted by Crippen LogP contribution is -2.56. The zero-order chi connectivity index (χ0) is 21.6. The molecule has 7 heteroatoms. The van der Waals surface area contributed by atoms with Crippen LogP contribution in [0.5, 0.6) is 11.5 Å². The third kappa shape index (κ3) is 6.12. The van der Waals surface area contributed by atoms with E-state index in [9.17, 15) is 9.59 Å². The Balaban J connectivity index is 2.14. The quantitative estimate of drug-likeness (QED) is 0.645. The Labute approximate surface area is 176 Å². The van der Waals surface area contributed by atoms with Crippen molar-refractivity contribution in [1.82, 2.24) is 5.32 Å². The second kappa shape index (κ2) is 9.65. The maximum Gasteiger partial charge on any atom is 0.252 e. The minimum absolute atomic E-state index is 0.186. The van der Waals surface area contributed by atoms with Crippen molar-refractivity contribution in [3.05, 3.63) is 58.6 Å². The van der Waals surface area contributed by atoms with E-state index in [-0.39, 0.29) is 5.92 Å². The largest absolute Gasteiger partial charge is 0.493 e. The first-order valence-corrected chi connectivity index (χ1v) is 9.70. The summed E-state index contributed by atoms with van der Waals surface area (Å²) in [5.41, 5.74) is 5.68. The van der Waals surface area contributed by atoms with E-state index in [2.05, 4.69) is 5.32 Å². The fourth-order valence-electron chi connectivity index (χ4n) is 3.02. The van der Waals surface area contributed by atoms with Crippen molar-refractivity contribution < 1.29 is 19.1 Å². The van der Waals surface area contributed by atoms with Gasteiger partial charge in [-0.1, -0.05) is 37.6 Å². The maximum atomic E-state index is 12.7. The van der Waals surface area contributed by atoms with Crippen molar-refractivity contribution in [3.63, 3.8) is 0 Å². The van der Waals surface area contributed by atoms with E-state index in [1.807, 2.05) is 26.0 Å². The van der Waals surface area contributed by atoms with Gasteiger partial charge in [-0.15, -0.1) is 0 Å². The van der Waals surface area contributed by atoms with Crippen molar-refractivity contribution in [2.24, 2.45) is 11.7 Å². The van der Waals surface area contributed by atoms with Gasteiger partial charge in [-0.2, -0.15) is 0 Å². The van der Waals surface area contributed by atoms with E-state index in [4.69, 9.17) is 26.8 Å². The van der Waals surface area contributed by atoms with E-state index in [0.717, 1.165) is 5.56 Å². The molecule has 0 bridgehead atoms. The Bertz CT molecular complexity index is 868. The lowest BCUT2D eigenvalue weighted by molar-refractivity contribution is -0.124. The minimum atomic E-state index is -1.14. The summed E-state index contributed by atoms with van der Waals surface area (Å²) < 4.78 is 11.2. The lowest BCUT2D eigenvalue weighted by Gasteiger charge is -2.29. The third-order valence-corrected chi connectivity index (χ3v) is 4.74. The molecule has 6 nitrogen and oxygen atoms in total. The first kappa shape index (κ1) is 22.6. The average molecular weight is 419 g/mol. The van der Waals surface area contributed by atoms with Gasteiger partial charge < -0.3 is 20.5 Å². The number of amides is 2. The average Bonchev–Trinajstić information content (AvgIpc) is 2.66. The van der Waals surface area contributed by atoms with Gasteiger partial charge in [0.25, 0.3) is 5.91 Å². The molecular formula is C22H27ClN2O4. The number of hydrogen-bond acceptors (Lipinski definition) is 4. The molecule has 2 aromatic carbocycles. The number of hydrogen-bond donors (Lipinski definition) is 2. The molecule has 2 rings (SSSR count). The number of nitrogens with two attached hydrogens (primary N) is 1. The summed E-state index contributed by atoms with van der Waals surface area (Å²) in [6, 6.07) is 12.2. The first-order chi connectivity index (χ1) is 13.6. The van der Waals surface area contributed by atoms with Crippen LogP contribution in [0.25, 0.3) is 0 Å². The van der Waals surface area contributed by atoms with Gasteiger partial charge in [-0.05, 0) is 55.2 Å². The number of ether oxygens (including phenoxy) is 2. The molecule has 1 atom stereocenters. The smallest absolute Gasteiger partial charge is 0.252 e. The van der Waals surface area contributed by atoms with Crippen LogP contribution in [0.1, 0.15) is 43.1 Å². The number of carbonyl (C=O) groups is 2. The molecule has 0 saturated heterocycles. The summed E-state index contributed by atoms with van der Waals surface area (Å²) in [5.74, 6) is 0.116. The molecule has 0 heterocycles. The van der Waals surface area contributed by atoms with Crippen molar-refractivity contribution in [2.75, 3.05) is 7.11 Å². The monoisotopic (exact) mass is 418 g/mol. The summed E-state index contributed by atoms with van der Waals surface area (Å²) in [6.07, 6.45) is 0.438. The highest BCUT2D eigenvalue weighted by molar-refractivity contribution is 6.30. The molecule has 0 aromatic heterocycles. The van der Waals surface area contributed by atoms with Gasteiger partial charge in [0, 0.05) is 10.6 Å². The van der Waals surface area contributed by atoms with Crippen LogP contribution in [0.2, 0.25) is 5.02 Å². The molecule has 0 saturated carbocycles. The third-order valence-electron chi connectivity index (χ3n) is 4.48. The SMILES string of the molecule is COc1cc(C(=O)NC(C)(CC(C)C)C(N)=O)ccc1OCc1ccc(Cl)cc1. The molecule has 0 aliphatic heterocycles. The molecule has 156 valence electrons. The van der Waals surface area contributed by atoms with E-state index in [0.29, 0.717) is 35.1 Å². The normalized spacial score (nSPS) is 12.9. The minimum Gasteiger partial charge on any atom is -0.493 e. The van der Waals surface area contributed by atoms with E-state index in [1.165, 1.54) is 7.11 Å². The second-order valence-corrected chi connectivity index (χ2v) is 7.97. The molecule has 0 spiro atoms. The van der Waals surface area contributed by atoms with Gasteiger partial charge in [0.2, 0.25) is 5.91 Å². The molecule has 1 unspecified atom stereocenters. The Kier molecular flexibility index (Phi) is 7.51. The summed E-state index contributed by atoms with van der Waals surface area (Å²) in [5, 5.41) is 3.41. The van der Waals surface area contributed by atoms with Crippen LogP contribution in [0.15, 0.2) is 42.5 Å². The second-order valence-electron chi connectivity index (χ2n) is 7.53. The first-order valence-electron chi connectivity index (χ1n) is 9.32.